The van der Waals surface area contributed by atoms with Crippen molar-refractivity contribution in [3.8, 4) is 0 Å². The minimum Gasteiger partial charge on any atom is -0.395 e. The van der Waals surface area contributed by atoms with Crippen molar-refractivity contribution in [1.29, 1.82) is 0 Å². The number of aliphatic hydroxyl groups excluding tert-OH is 1. The summed E-state index contributed by atoms with van der Waals surface area (Å²) in [6.45, 7) is 0.0798. The number of alkyl halides is 3. The van der Waals surface area contributed by atoms with E-state index >= 15 is 0 Å². The molecule has 0 saturated heterocycles. The second kappa shape index (κ2) is 7.45. The monoisotopic (exact) mass is 282 g/mol. The fourth-order valence-corrected chi connectivity index (χ4v) is 3.15. The normalized spacial score (nSPS) is 19.9. The number of hydrogen-bond acceptors (Lipinski definition) is 3. The second-order valence-electron chi connectivity index (χ2n) is 5.64. The molecule has 114 valence electrons. The summed E-state index contributed by atoms with van der Waals surface area (Å²) in [5.41, 5.74) is -0.0760. The molecule has 0 radical (unpaired) electrons. The molecule has 1 aliphatic carbocycles. The molecule has 1 rings (SSSR count). The van der Waals surface area contributed by atoms with Crippen LogP contribution in [0.4, 0.5) is 13.2 Å². The zero-order valence-corrected chi connectivity index (χ0v) is 11.6. The molecule has 0 spiro atoms. The first kappa shape index (κ1) is 16.7. The van der Waals surface area contributed by atoms with Crippen LogP contribution in [-0.2, 0) is 0 Å². The van der Waals surface area contributed by atoms with Crippen LogP contribution in [-0.4, -0.2) is 56.0 Å². The van der Waals surface area contributed by atoms with Crippen LogP contribution in [0.2, 0.25) is 0 Å². The topological polar surface area (TPSA) is 35.5 Å². The van der Waals surface area contributed by atoms with E-state index in [0.29, 0.717) is 6.54 Å². The van der Waals surface area contributed by atoms with Gasteiger partial charge in [0.05, 0.1) is 13.2 Å². The Kier molecular flexibility index (Phi) is 6.56. The van der Waals surface area contributed by atoms with Crippen LogP contribution in [0.5, 0.6) is 0 Å². The number of rotatable bonds is 7. The standard InChI is InChI=1S/C13H25F3N2O/c1-17-9-12(5-3-2-4-6-12)10-18(7-8-19)11-13(14,15)16/h17,19H,2-11H2,1H3. The summed E-state index contributed by atoms with van der Waals surface area (Å²) in [7, 11) is 1.84. The Labute approximate surface area is 113 Å². The quantitative estimate of drug-likeness (QED) is 0.750. The minimum atomic E-state index is -4.20. The zero-order chi connectivity index (χ0) is 14.4. The highest BCUT2D eigenvalue weighted by Gasteiger charge is 2.37. The van der Waals surface area contributed by atoms with Crippen molar-refractivity contribution in [2.75, 3.05) is 39.8 Å². The molecule has 0 atom stereocenters. The minimum absolute atomic E-state index is 0.0760. The SMILES string of the molecule is CNCC1(CN(CCO)CC(F)(F)F)CCCCC1. The smallest absolute Gasteiger partial charge is 0.395 e. The van der Waals surface area contributed by atoms with Gasteiger partial charge in [0.25, 0.3) is 0 Å². The van der Waals surface area contributed by atoms with Gasteiger partial charge in [0.15, 0.2) is 0 Å². The number of nitrogens with one attached hydrogen (secondary N) is 1. The average molecular weight is 282 g/mol. The summed E-state index contributed by atoms with van der Waals surface area (Å²) in [6, 6.07) is 0. The average Bonchev–Trinajstić information content (AvgIpc) is 2.28. The molecular weight excluding hydrogens is 257 g/mol. The third-order valence-corrected chi connectivity index (χ3v) is 3.84. The molecule has 0 aromatic rings. The first-order valence-electron chi connectivity index (χ1n) is 6.95. The second-order valence-corrected chi connectivity index (χ2v) is 5.64. The van der Waals surface area contributed by atoms with Gasteiger partial charge in [-0.3, -0.25) is 4.90 Å². The maximum absolute atomic E-state index is 12.6. The highest BCUT2D eigenvalue weighted by Crippen LogP contribution is 2.37. The molecule has 2 N–H and O–H groups in total. The van der Waals surface area contributed by atoms with Crippen LogP contribution in [0.15, 0.2) is 0 Å². The highest BCUT2D eigenvalue weighted by molar-refractivity contribution is 4.88. The zero-order valence-electron chi connectivity index (χ0n) is 11.6. The first-order valence-corrected chi connectivity index (χ1v) is 6.95. The number of nitrogens with zero attached hydrogens (tertiary/aromatic N) is 1. The van der Waals surface area contributed by atoms with Crippen LogP contribution >= 0.6 is 0 Å². The van der Waals surface area contributed by atoms with Gasteiger partial charge in [-0.1, -0.05) is 19.3 Å². The molecule has 0 unspecified atom stereocenters. The molecular formula is C13H25F3N2O. The molecule has 3 nitrogen and oxygen atoms in total. The summed E-state index contributed by atoms with van der Waals surface area (Å²) in [6.07, 6.45) is 1.07. The first-order chi connectivity index (χ1) is 8.91. The molecule has 0 aromatic heterocycles. The van der Waals surface area contributed by atoms with Crippen molar-refractivity contribution >= 4 is 0 Å². The third-order valence-electron chi connectivity index (χ3n) is 3.84. The van der Waals surface area contributed by atoms with Gasteiger partial charge in [-0.25, -0.2) is 0 Å². The summed E-state index contributed by atoms with van der Waals surface area (Å²) >= 11 is 0. The van der Waals surface area contributed by atoms with Gasteiger partial charge in [0.1, 0.15) is 0 Å². The predicted molar refractivity (Wildman–Crippen MR) is 69.0 cm³/mol. The Morgan fingerprint density at radius 3 is 2.32 bits per heavy atom. The fraction of sp³-hybridized carbons (Fsp3) is 1.00. The van der Waals surface area contributed by atoms with E-state index in [2.05, 4.69) is 5.32 Å². The van der Waals surface area contributed by atoms with E-state index in [1.54, 1.807) is 0 Å². The van der Waals surface area contributed by atoms with Crippen molar-refractivity contribution in [1.82, 2.24) is 10.2 Å². The Balaban J connectivity index is 2.66. The van der Waals surface area contributed by atoms with E-state index in [-0.39, 0.29) is 18.6 Å². The Hall–Kier alpha value is -0.330. The molecule has 1 saturated carbocycles. The van der Waals surface area contributed by atoms with E-state index in [1.165, 1.54) is 11.3 Å². The third kappa shape index (κ3) is 6.10. The predicted octanol–water partition coefficient (Wildman–Crippen LogP) is 2.01. The van der Waals surface area contributed by atoms with Crippen molar-refractivity contribution < 1.29 is 18.3 Å². The fourth-order valence-electron chi connectivity index (χ4n) is 3.15. The molecule has 1 aliphatic rings. The lowest BCUT2D eigenvalue weighted by molar-refractivity contribution is -0.150. The van der Waals surface area contributed by atoms with Crippen molar-refractivity contribution in [3.05, 3.63) is 0 Å². The summed E-state index contributed by atoms with van der Waals surface area (Å²) < 4.78 is 37.7. The Morgan fingerprint density at radius 1 is 1.21 bits per heavy atom. The lowest BCUT2D eigenvalue weighted by Crippen LogP contribution is -2.48. The van der Waals surface area contributed by atoms with Gasteiger partial charge in [-0.05, 0) is 25.3 Å². The van der Waals surface area contributed by atoms with E-state index in [0.717, 1.165) is 32.2 Å². The molecule has 0 aromatic carbocycles. The molecule has 6 heteroatoms. The van der Waals surface area contributed by atoms with Crippen molar-refractivity contribution in [2.24, 2.45) is 5.41 Å². The maximum atomic E-state index is 12.6. The van der Waals surface area contributed by atoms with Gasteiger partial charge < -0.3 is 10.4 Å². The van der Waals surface area contributed by atoms with Crippen LogP contribution in [0.3, 0.4) is 0 Å². The number of halogens is 3. The Bertz CT molecular complexity index is 247. The highest BCUT2D eigenvalue weighted by atomic mass is 19.4. The molecule has 0 amide bonds. The van der Waals surface area contributed by atoms with Crippen LogP contribution in [0.1, 0.15) is 32.1 Å². The van der Waals surface area contributed by atoms with Crippen LogP contribution < -0.4 is 5.32 Å². The van der Waals surface area contributed by atoms with E-state index < -0.39 is 12.7 Å². The van der Waals surface area contributed by atoms with E-state index in [1.807, 2.05) is 7.05 Å². The maximum Gasteiger partial charge on any atom is 0.401 e. The van der Waals surface area contributed by atoms with Gasteiger partial charge in [0, 0.05) is 19.6 Å². The largest absolute Gasteiger partial charge is 0.401 e. The van der Waals surface area contributed by atoms with E-state index in [4.69, 9.17) is 5.11 Å². The van der Waals surface area contributed by atoms with Gasteiger partial charge in [-0.2, -0.15) is 13.2 Å². The van der Waals surface area contributed by atoms with Gasteiger partial charge in [0.2, 0.25) is 0 Å². The summed E-state index contributed by atoms with van der Waals surface area (Å²) in [4.78, 5) is 1.35. The molecule has 1 fully saturated rings. The molecule has 0 aliphatic heterocycles. The molecule has 0 heterocycles. The number of hydrogen-bond donors (Lipinski definition) is 2. The van der Waals surface area contributed by atoms with Gasteiger partial charge >= 0.3 is 6.18 Å². The van der Waals surface area contributed by atoms with Crippen LogP contribution in [0.25, 0.3) is 0 Å². The van der Waals surface area contributed by atoms with Crippen LogP contribution in [0, 0.1) is 5.41 Å². The molecule has 0 bridgehead atoms. The van der Waals surface area contributed by atoms with Crippen molar-refractivity contribution in [2.45, 2.75) is 38.3 Å². The van der Waals surface area contributed by atoms with E-state index in [9.17, 15) is 13.2 Å². The molecule has 19 heavy (non-hydrogen) atoms. The Morgan fingerprint density at radius 2 is 1.84 bits per heavy atom. The summed E-state index contributed by atoms with van der Waals surface area (Å²) in [5, 5.41) is 12.1. The number of aliphatic hydroxyl groups is 1. The lowest BCUT2D eigenvalue weighted by atomic mass is 9.73. The van der Waals surface area contributed by atoms with Crippen molar-refractivity contribution in [3.63, 3.8) is 0 Å². The summed E-state index contributed by atoms with van der Waals surface area (Å²) in [5.74, 6) is 0. The van der Waals surface area contributed by atoms with Gasteiger partial charge in [-0.15, -0.1) is 0 Å². The lowest BCUT2D eigenvalue weighted by Gasteiger charge is -2.41.